The third-order valence-electron chi connectivity index (χ3n) is 4.52. The molecule has 4 nitrogen and oxygen atoms in total. The minimum atomic E-state index is -0.103. The van der Waals surface area contributed by atoms with Crippen molar-refractivity contribution >= 4 is 5.78 Å². The first-order chi connectivity index (χ1) is 9.95. The van der Waals surface area contributed by atoms with Gasteiger partial charge in [-0.25, -0.2) is 0 Å². The number of ketones is 1. The first-order valence-corrected chi connectivity index (χ1v) is 7.53. The summed E-state index contributed by atoms with van der Waals surface area (Å²) in [5.41, 5.74) is 2.90. The predicted octanol–water partition coefficient (Wildman–Crippen LogP) is 2.13. The summed E-state index contributed by atoms with van der Waals surface area (Å²) in [6, 6.07) is 3.81. The van der Waals surface area contributed by atoms with Gasteiger partial charge in [-0.2, -0.15) is 0 Å². The lowest BCUT2D eigenvalue weighted by molar-refractivity contribution is 0.0836. The Morgan fingerprint density at radius 1 is 1.24 bits per heavy atom. The highest BCUT2D eigenvalue weighted by molar-refractivity contribution is 6.03. The number of benzene rings is 1. The Balaban J connectivity index is 2.36. The molecule has 0 aliphatic carbocycles. The minimum Gasteiger partial charge on any atom is -0.496 e. The number of likely N-dealkylation sites (N-methyl/N-ethyl adjacent to an activating group) is 2. The lowest BCUT2D eigenvalue weighted by atomic mass is 9.97. The Morgan fingerprint density at radius 2 is 1.95 bits per heavy atom. The maximum absolute atomic E-state index is 13.0. The van der Waals surface area contributed by atoms with E-state index in [9.17, 15) is 4.79 Å². The SMILES string of the molecule is COc1c(C(=O)C2CN(C)CCCN2C)ccc(C)c1C. The highest BCUT2D eigenvalue weighted by atomic mass is 16.5. The van der Waals surface area contributed by atoms with Gasteiger partial charge in [0.05, 0.1) is 18.7 Å². The van der Waals surface area contributed by atoms with Crippen LogP contribution >= 0.6 is 0 Å². The standard InChI is InChI=1S/C17H26N2O2/c1-12-7-8-14(17(21-5)13(12)2)16(20)15-11-18(3)9-6-10-19(15)4/h7-8,15H,6,9-11H2,1-5H3. The summed E-state index contributed by atoms with van der Waals surface area (Å²) < 4.78 is 5.51. The van der Waals surface area contributed by atoms with Crippen molar-refractivity contribution in [2.75, 3.05) is 40.8 Å². The van der Waals surface area contributed by atoms with Gasteiger partial charge in [0.1, 0.15) is 5.75 Å². The van der Waals surface area contributed by atoms with E-state index in [1.54, 1.807) is 7.11 Å². The average Bonchev–Trinajstić information content (AvgIpc) is 2.62. The topological polar surface area (TPSA) is 32.8 Å². The van der Waals surface area contributed by atoms with E-state index in [2.05, 4.69) is 16.8 Å². The Labute approximate surface area is 127 Å². The van der Waals surface area contributed by atoms with Crippen LogP contribution in [0.25, 0.3) is 0 Å². The van der Waals surface area contributed by atoms with E-state index in [-0.39, 0.29) is 11.8 Å². The molecule has 1 fully saturated rings. The fourth-order valence-electron chi connectivity index (χ4n) is 2.98. The highest BCUT2D eigenvalue weighted by Gasteiger charge is 2.30. The number of Topliss-reactive ketones (excluding diaryl/α,β-unsaturated/α-hetero) is 1. The molecule has 116 valence electrons. The van der Waals surface area contributed by atoms with Crippen LogP contribution in [-0.4, -0.2) is 62.5 Å². The third-order valence-corrected chi connectivity index (χ3v) is 4.52. The maximum Gasteiger partial charge on any atom is 0.184 e. The van der Waals surface area contributed by atoms with E-state index in [0.29, 0.717) is 5.56 Å². The first-order valence-electron chi connectivity index (χ1n) is 7.53. The molecule has 2 rings (SSSR count). The quantitative estimate of drug-likeness (QED) is 0.799. The van der Waals surface area contributed by atoms with E-state index in [4.69, 9.17) is 4.74 Å². The van der Waals surface area contributed by atoms with Gasteiger partial charge >= 0.3 is 0 Å². The van der Waals surface area contributed by atoms with Crippen LogP contribution in [0.5, 0.6) is 5.75 Å². The van der Waals surface area contributed by atoms with Gasteiger partial charge in [-0.15, -0.1) is 0 Å². The Hall–Kier alpha value is -1.39. The molecule has 1 aliphatic heterocycles. The molecule has 0 spiro atoms. The van der Waals surface area contributed by atoms with Gasteiger partial charge in [0.25, 0.3) is 0 Å². The number of hydrogen-bond acceptors (Lipinski definition) is 4. The van der Waals surface area contributed by atoms with E-state index in [1.165, 1.54) is 0 Å². The van der Waals surface area contributed by atoms with Crippen LogP contribution in [0, 0.1) is 13.8 Å². The van der Waals surface area contributed by atoms with E-state index in [0.717, 1.165) is 42.9 Å². The fourth-order valence-corrected chi connectivity index (χ4v) is 2.98. The second-order valence-electron chi connectivity index (χ2n) is 6.06. The largest absolute Gasteiger partial charge is 0.496 e. The molecule has 0 aromatic heterocycles. The molecule has 0 bridgehead atoms. The summed E-state index contributed by atoms with van der Waals surface area (Å²) in [4.78, 5) is 17.4. The van der Waals surface area contributed by atoms with Gasteiger partial charge in [-0.3, -0.25) is 9.69 Å². The summed E-state index contributed by atoms with van der Waals surface area (Å²) >= 11 is 0. The van der Waals surface area contributed by atoms with Crippen molar-refractivity contribution < 1.29 is 9.53 Å². The lowest BCUT2D eigenvalue weighted by Gasteiger charge is -2.27. The van der Waals surface area contributed by atoms with E-state index >= 15 is 0 Å². The molecule has 21 heavy (non-hydrogen) atoms. The first kappa shape index (κ1) is 16.0. The molecular weight excluding hydrogens is 264 g/mol. The van der Waals surface area contributed by atoms with Gasteiger partial charge in [0.15, 0.2) is 5.78 Å². The molecular formula is C17H26N2O2. The van der Waals surface area contributed by atoms with Crippen LogP contribution < -0.4 is 4.74 Å². The third kappa shape index (κ3) is 3.27. The zero-order valence-electron chi connectivity index (χ0n) is 13.8. The van der Waals surface area contributed by atoms with Gasteiger partial charge < -0.3 is 9.64 Å². The van der Waals surface area contributed by atoms with E-state index in [1.807, 2.05) is 33.0 Å². The highest BCUT2D eigenvalue weighted by Crippen LogP contribution is 2.28. The van der Waals surface area contributed by atoms with Crippen molar-refractivity contribution in [3.63, 3.8) is 0 Å². The van der Waals surface area contributed by atoms with Crippen molar-refractivity contribution in [1.29, 1.82) is 0 Å². The zero-order chi connectivity index (χ0) is 15.6. The molecule has 0 radical (unpaired) electrons. The molecule has 1 heterocycles. The van der Waals surface area contributed by atoms with Gasteiger partial charge in [-0.05, 0) is 64.6 Å². The fraction of sp³-hybridized carbons (Fsp3) is 0.588. The summed E-state index contributed by atoms with van der Waals surface area (Å²) in [5, 5.41) is 0. The number of rotatable bonds is 3. The number of nitrogens with zero attached hydrogens (tertiary/aromatic N) is 2. The molecule has 1 saturated heterocycles. The van der Waals surface area contributed by atoms with Crippen molar-refractivity contribution in [2.24, 2.45) is 0 Å². The van der Waals surface area contributed by atoms with Gasteiger partial charge in [0.2, 0.25) is 0 Å². The number of hydrogen-bond donors (Lipinski definition) is 0. The Bertz CT molecular complexity index is 528. The van der Waals surface area contributed by atoms with Crippen LogP contribution in [0.2, 0.25) is 0 Å². The maximum atomic E-state index is 13.0. The van der Waals surface area contributed by atoms with Crippen LogP contribution in [0.3, 0.4) is 0 Å². The molecule has 1 aromatic carbocycles. The monoisotopic (exact) mass is 290 g/mol. The molecule has 1 atom stereocenters. The normalized spacial score (nSPS) is 21.1. The van der Waals surface area contributed by atoms with Crippen molar-refractivity contribution in [3.05, 3.63) is 28.8 Å². The smallest absolute Gasteiger partial charge is 0.184 e. The average molecular weight is 290 g/mol. The molecule has 0 amide bonds. The van der Waals surface area contributed by atoms with Gasteiger partial charge in [0, 0.05) is 6.54 Å². The molecule has 1 unspecified atom stereocenters. The second-order valence-corrected chi connectivity index (χ2v) is 6.06. The van der Waals surface area contributed by atoms with Crippen LogP contribution in [-0.2, 0) is 0 Å². The van der Waals surface area contributed by atoms with Crippen molar-refractivity contribution in [1.82, 2.24) is 9.80 Å². The number of aryl methyl sites for hydroxylation is 1. The molecule has 4 heteroatoms. The molecule has 1 aliphatic rings. The zero-order valence-corrected chi connectivity index (χ0v) is 13.8. The number of ether oxygens (including phenoxy) is 1. The number of carbonyl (C=O) groups excluding carboxylic acids is 1. The van der Waals surface area contributed by atoms with Crippen molar-refractivity contribution in [3.8, 4) is 5.75 Å². The van der Waals surface area contributed by atoms with Crippen LogP contribution in [0.1, 0.15) is 27.9 Å². The molecule has 0 N–H and O–H groups in total. The number of carbonyl (C=O) groups is 1. The van der Waals surface area contributed by atoms with Crippen LogP contribution in [0.15, 0.2) is 12.1 Å². The van der Waals surface area contributed by atoms with Gasteiger partial charge in [-0.1, -0.05) is 6.07 Å². The van der Waals surface area contributed by atoms with Crippen LogP contribution in [0.4, 0.5) is 0 Å². The summed E-state index contributed by atoms with van der Waals surface area (Å²) in [6.45, 7) is 6.81. The summed E-state index contributed by atoms with van der Waals surface area (Å²) in [5.74, 6) is 0.881. The minimum absolute atomic E-state index is 0.103. The Morgan fingerprint density at radius 3 is 2.62 bits per heavy atom. The lowest BCUT2D eigenvalue weighted by Crippen LogP contribution is -2.43. The Kier molecular flexibility index (Phi) is 5.01. The number of methoxy groups -OCH3 is 1. The second kappa shape index (κ2) is 6.58. The van der Waals surface area contributed by atoms with E-state index < -0.39 is 0 Å². The predicted molar refractivity (Wildman–Crippen MR) is 85.3 cm³/mol. The van der Waals surface area contributed by atoms with Crippen molar-refractivity contribution in [2.45, 2.75) is 26.3 Å². The summed E-state index contributed by atoms with van der Waals surface area (Å²) in [6.07, 6.45) is 1.10. The molecule has 1 aromatic rings. The summed E-state index contributed by atoms with van der Waals surface area (Å²) in [7, 11) is 5.76. The molecule has 0 saturated carbocycles.